The Labute approximate surface area is 167 Å². The molecule has 150 valence electrons. The minimum Gasteiger partial charge on any atom is -0.473 e. The number of carboxylic acids is 2. The van der Waals surface area contributed by atoms with Gasteiger partial charge in [0.25, 0.3) is 0 Å². The Hall–Kier alpha value is -2.65. The van der Waals surface area contributed by atoms with E-state index in [1.165, 1.54) is 11.1 Å². The van der Waals surface area contributed by atoms with E-state index in [0.717, 1.165) is 48.8 Å². The van der Waals surface area contributed by atoms with Crippen molar-refractivity contribution in [3.63, 3.8) is 0 Å². The molecule has 2 N–H and O–H groups in total. The molecule has 0 amide bonds. The minimum atomic E-state index is -1.82. The number of carboxylic acid groups (broad SMARTS) is 2. The van der Waals surface area contributed by atoms with E-state index < -0.39 is 11.9 Å². The van der Waals surface area contributed by atoms with Gasteiger partial charge in [-0.3, -0.25) is 0 Å². The van der Waals surface area contributed by atoms with Gasteiger partial charge in [-0.25, -0.2) is 14.2 Å². The zero-order valence-corrected chi connectivity index (χ0v) is 16.4. The smallest absolute Gasteiger partial charge is 0.414 e. The fourth-order valence-electron chi connectivity index (χ4n) is 2.63. The second-order valence-corrected chi connectivity index (χ2v) is 7.31. The summed E-state index contributed by atoms with van der Waals surface area (Å²) in [4.78, 5) is 20.5. The van der Waals surface area contributed by atoms with Gasteiger partial charge in [0.2, 0.25) is 0 Å². The number of aryl methyl sites for hydroxylation is 1. The SMILES string of the molecule is CN1CCC=C(c2nonc2SCCCc2ccccc2)C1.O=C(O)C(=O)O. The van der Waals surface area contributed by atoms with Crippen molar-refractivity contribution in [2.45, 2.75) is 24.3 Å². The monoisotopic (exact) mass is 405 g/mol. The van der Waals surface area contributed by atoms with Crippen molar-refractivity contribution in [3.8, 4) is 0 Å². The van der Waals surface area contributed by atoms with Crippen LogP contribution in [0.2, 0.25) is 0 Å². The predicted octanol–water partition coefficient (Wildman–Crippen LogP) is 2.67. The largest absolute Gasteiger partial charge is 0.473 e. The number of rotatable bonds is 6. The third-order valence-corrected chi connectivity index (χ3v) is 5.01. The van der Waals surface area contributed by atoms with E-state index in [2.05, 4.69) is 58.7 Å². The van der Waals surface area contributed by atoms with Gasteiger partial charge in [0.1, 0.15) is 5.69 Å². The van der Waals surface area contributed by atoms with Gasteiger partial charge in [-0.05, 0) is 47.8 Å². The highest BCUT2D eigenvalue weighted by Crippen LogP contribution is 2.28. The molecule has 0 radical (unpaired) electrons. The Balaban J connectivity index is 0.000000409. The van der Waals surface area contributed by atoms with Crippen molar-refractivity contribution in [2.24, 2.45) is 0 Å². The van der Waals surface area contributed by atoms with E-state index in [1.807, 2.05) is 0 Å². The summed E-state index contributed by atoms with van der Waals surface area (Å²) in [5, 5.41) is 23.9. The first-order chi connectivity index (χ1) is 13.5. The summed E-state index contributed by atoms with van der Waals surface area (Å²) < 4.78 is 4.97. The number of nitrogens with zero attached hydrogens (tertiary/aromatic N) is 3. The number of thioether (sulfide) groups is 1. The maximum Gasteiger partial charge on any atom is 0.414 e. The van der Waals surface area contributed by atoms with E-state index >= 15 is 0 Å². The average Bonchev–Trinajstić information content (AvgIpc) is 3.15. The Morgan fingerprint density at radius 3 is 2.54 bits per heavy atom. The first-order valence-corrected chi connectivity index (χ1v) is 9.79. The molecule has 28 heavy (non-hydrogen) atoms. The molecule has 0 aliphatic carbocycles. The molecule has 0 spiro atoms. The van der Waals surface area contributed by atoms with Crippen molar-refractivity contribution in [1.82, 2.24) is 15.2 Å². The standard InChI is InChI=1S/C17H21N3OS.C2H2O4/c1-20-11-5-10-15(13-20)16-17(19-21-18-16)22-12-6-9-14-7-3-2-4-8-14;3-1(4)2(5)6/h2-4,7-8,10H,5-6,9,11-13H2,1H3;(H,3,4)(H,5,6). The van der Waals surface area contributed by atoms with Crippen molar-refractivity contribution >= 4 is 29.3 Å². The van der Waals surface area contributed by atoms with Crippen molar-refractivity contribution < 1.29 is 24.4 Å². The first kappa shape index (κ1) is 21.6. The Bertz CT molecular complexity index is 795. The van der Waals surface area contributed by atoms with Crippen LogP contribution in [0.1, 0.15) is 24.1 Å². The lowest BCUT2D eigenvalue weighted by molar-refractivity contribution is -0.159. The molecular weight excluding hydrogens is 382 g/mol. The van der Waals surface area contributed by atoms with Gasteiger partial charge < -0.3 is 15.1 Å². The second-order valence-electron chi connectivity index (χ2n) is 6.22. The van der Waals surface area contributed by atoms with Crippen LogP contribution in [0.25, 0.3) is 5.57 Å². The maximum absolute atomic E-state index is 9.10. The number of carbonyl (C=O) groups is 2. The zero-order valence-electron chi connectivity index (χ0n) is 15.6. The summed E-state index contributed by atoms with van der Waals surface area (Å²) >= 11 is 1.74. The first-order valence-electron chi connectivity index (χ1n) is 8.81. The van der Waals surface area contributed by atoms with Gasteiger partial charge in [0, 0.05) is 18.8 Å². The van der Waals surface area contributed by atoms with Gasteiger partial charge in [-0.15, -0.1) is 11.8 Å². The molecule has 9 heteroatoms. The molecule has 8 nitrogen and oxygen atoms in total. The lowest BCUT2D eigenvalue weighted by Gasteiger charge is -2.21. The maximum atomic E-state index is 9.10. The van der Waals surface area contributed by atoms with Gasteiger partial charge in [-0.2, -0.15) is 0 Å². The van der Waals surface area contributed by atoms with Crippen LogP contribution in [-0.2, 0) is 16.0 Å². The highest BCUT2D eigenvalue weighted by Gasteiger charge is 2.18. The lowest BCUT2D eigenvalue weighted by Crippen LogP contribution is -2.25. The molecular formula is C19H23N3O5S. The number of likely N-dealkylation sites (N-methyl/N-ethyl adjacent to an activating group) is 1. The Morgan fingerprint density at radius 2 is 1.89 bits per heavy atom. The molecule has 0 unspecified atom stereocenters. The molecule has 1 aromatic heterocycles. The van der Waals surface area contributed by atoms with E-state index in [1.54, 1.807) is 11.8 Å². The average molecular weight is 405 g/mol. The lowest BCUT2D eigenvalue weighted by atomic mass is 10.1. The topological polar surface area (TPSA) is 117 Å². The molecule has 0 saturated heterocycles. The third-order valence-electron chi connectivity index (χ3n) is 3.98. The molecule has 1 aliphatic rings. The highest BCUT2D eigenvalue weighted by molar-refractivity contribution is 7.99. The normalized spacial score (nSPS) is 14.0. The number of aromatic nitrogens is 2. The van der Waals surface area contributed by atoms with Crippen LogP contribution in [0.15, 0.2) is 46.1 Å². The fraction of sp³-hybridized carbons (Fsp3) is 0.368. The molecule has 1 aliphatic heterocycles. The third kappa shape index (κ3) is 7.16. The van der Waals surface area contributed by atoms with E-state index in [0.29, 0.717) is 0 Å². The number of hydrogen-bond donors (Lipinski definition) is 2. The van der Waals surface area contributed by atoms with Gasteiger partial charge in [0.05, 0.1) is 0 Å². The van der Waals surface area contributed by atoms with Crippen molar-refractivity contribution in [2.75, 3.05) is 25.9 Å². The van der Waals surface area contributed by atoms with Crippen LogP contribution in [-0.4, -0.2) is 63.3 Å². The molecule has 0 atom stereocenters. The fourth-order valence-corrected chi connectivity index (χ4v) is 3.50. The summed E-state index contributed by atoms with van der Waals surface area (Å²) in [6.45, 7) is 2.03. The van der Waals surface area contributed by atoms with E-state index in [-0.39, 0.29) is 0 Å². The molecule has 0 fully saturated rings. The Kier molecular flexibility index (Phi) is 8.70. The summed E-state index contributed by atoms with van der Waals surface area (Å²) in [5.74, 6) is -2.62. The van der Waals surface area contributed by atoms with Gasteiger partial charge in [0.15, 0.2) is 5.03 Å². The molecule has 0 bridgehead atoms. The summed E-state index contributed by atoms with van der Waals surface area (Å²) in [6, 6.07) is 10.6. The van der Waals surface area contributed by atoms with Crippen LogP contribution in [0, 0.1) is 0 Å². The van der Waals surface area contributed by atoms with Crippen LogP contribution in [0.3, 0.4) is 0 Å². The summed E-state index contributed by atoms with van der Waals surface area (Å²) in [6.07, 6.45) is 5.55. The van der Waals surface area contributed by atoms with Crippen LogP contribution in [0.5, 0.6) is 0 Å². The van der Waals surface area contributed by atoms with E-state index in [9.17, 15) is 0 Å². The number of benzene rings is 1. The van der Waals surface area contributed by atoms with E-state index in [4.69, 9.17) is 24.4 Å². The van der Waals surface area contributed by atoms with Crippen molar-refractivity contribution in [3.05, 3.63) is 47.7 Å². The predicted molar refractivity (Wildman–Crippen MR) is 105 cm³/mol. The summed E-state index contributed by atoms with van der Waals surface area (Å²) in [5.41, 5.74) is 3.55. The molecule has 2 aromatic rings. The van der Waals surface area contributed by atoms with Crippen LogP contribution < -0.4 is 0 Å². The van der Waals surface area contributed by atoms with Crippen LogP contribution in [0.4, 0.5) is 0 Å². The van der Waals surface area contributed by atoms with Crippen LogP contribution >= 0.6 is 11.8 Å². The van der Waals surface area contributed by atoms with Gasteiger partial charge in [-0.1, -0.05) is 36.4 Å². The van der Waals surface area contributed by atoms with Crippen molar-refractivity contribution in [1.29, 1.82) is 0 Å². The second kappa shape index (κ2) is 11.3. The Morgan fingerprint density at radius 1 is 1.18 bits per heavy atom. The number of aliphatic carboxylic acids is 2. The summed E-state index contributed by atoms with van der Waals surface area (Å²) in [7, 11) is 2.13. The highest BCUT2D eigenvalue weighted by atomic mass is 32.2. The molecule has 0 saturated carbocycles. The van der Waals surface area contributed by atoms with Gasteiger partial charge >= 0.3 is 11.9 Å². The molecule has 3 rings (SSSR count). The molecule has 1 aromatic carbocycles. The zero-order chi connectivity index (χ0) is 20.4. The molecule has 2 heterocycles. The quantitative estimate of drug-likeness (QED) is 0.425. The minimum absolute atomic E-state index is 0.922. The number of hydrogen-bond acceptors (Lipinski definition) is 7.